The van der Waals surface area contributed by atoms with E-state index in [9.17, 15) is 4.79 Å². The number of halogens is 2. The van der Waals surface area contributed by atoms with Crippen LogP contribution in [0.25, 0.3) is 0 Å². The van der Waals surface area contributed by atoms with Crippen molar-refractivity contribution in [2.24, 2.45) is 5.92 Å². The quantitative estimate of drug-likeness (QED) is 0.866. The van der Waals surface area contributed by atoms with Crippen molar-refractivity contribution in [1.82, 2.24) is 4.90 Å². The molecule has 0 aromatic heterocycles. The first-order valence-electron chi connectivity index (χ1n) is 6.57. The van der Waals surface area contributed by atoms with E-state index >= 15 is 0 Å². The Bertz CT molecular complexity index is 512. The molecule has 1 heterocycles. The normalized spacial score (nSPS) is 21.7. The summed E-state index contributed by atoms with van der Waals surface area (Å²) in [6, 6.07) is 4.90. The molecule has 2 unspecified atom stereocenters. The van der Waals surface area contributed by atoms with Gasteiger partial charge in [0, 0.05) is 17.6 Å². The summed E-state index contributed by atoms with van der Waals surface area (Å²) in [5.74, 6) is -0.757. The van der Waals surface area contributed by atoms with Gasteiger partial charge in [0.25, 0.3) is 0 Å². The fourth-order valence-corrected chi connectivity index (χ4v) is 2.73. The molecule has 0 radical (unpaired) electrons. The van der Waals surface area contributed by atoms with Crippen LogP contribution in [-0.2, 0) is 9.53 Å². The van der Waals surface area contributed by atoms with Gasteiger partial charge >= 0.3 is 5.97 Å². The highest BCUT2D eigenvalue weighted by Crippen LogP contribution is 2.27. The smallest absolute Gasteiger partial charge is 0.310 e. The van der Waals surface area contributed by atoms with Gasteiger partial charge in [0.05, 0.1) is 24.2 Å². The second kappa shape index (κ2) is 7.31. The number of likely N-dealkylation sites (N-methyl/N-ethyl adjacent to an activating group) is 1. The van der Waals surface area contributed by atoms with Crippen LogP contribution in [-0.4, -0.2) is 55.4 Å². The summed E-state index contributed by atoms with van der Waals surface area (Å²) < 4.78 is 10.8. The van der Waals surface area contributed by atoms with Crippen LogP contribution >= 0.6 is 23.2 Å². The minimum absolute atomic E-state index is 0.133. The molecule has 116 valence electrons. The molecular weight excluding hydrogens is 317 g/mol. The third-order valence-corrected chi connectivity index (χ3v) is 4.06. The van der Waals surface area contributed by atoms with Crippen LogP contribution in [0, 0.1) is 5.92 Å². The minimum atomic E-state index is -0.828. The summed E-state index contributed by atoms with van der Waals surface area (Å²) in [6.07, 6.45) is 0. The van der Waals surface area contributed by atoms with Crippen molar-refractivity contribution in [2.75, 3.05) is 33.4 Å². The maximum atomic E-state index is 11.1. The molecule has 1 fully saturated rings. The summed E-state index contributed by atoms with van der Waals surface area (Å²) in [4.78, 5) is 13.1. The number of benzene rings is 1. The Balaban J connectivity index is 1.84. The molecule has 1 aromatic rings. The lowest BCUT2D eigenvalue weighted by Crippen LogP contribution is -2.42. The number of hydrogen-bond acceptors (Lipinski definition) is 4. The lowest BCUT2D eigenvalue weighted by molar-refractivity contribution is -0.143. The van der Waals surface area contributed by atoms with E-state index in [0.29, 0.717) is 35.6 Å². The Kier molecular flexibility index (Phi) is 5.70. The van der Waals surface area contributed by atoms with Gasteiger partial charge in [-0.05, 0) is 25.2 Å². The molecule has 21 heavy (non-hydrogen) atoms. The van der Waals surface area contributed by atoms with Crippen molar-refractivity contribution in [3.8, 4) is 5.75 Å². The van der Waals surface area contributed by atoms with Crippen LogP contribution in [0.2, 0.25) is 10.0 Å². The van der Waals surface area contributed by atoms with Gasteiger partial charge in [-0.1, -0.05) is 23.2 Å². The minimum Gasteiger partial charge on any atom is -0.491 e. The van der Waals surface area contributed by atoms with E-state index in [0.717, 1.165) is 0 Å². The maximum absolute atomic E-state index is 11.1. The SMILES string of the molecule is CN(CCOc1ccc(Cl)cc1Cl)C1COCC1C(=O)O. The molecular formula is C14H17Cl2NO4. The molecule has 2 rings (SSSR count). The van der Waals surface area contributed by atoms with Gasteiger partial charge in [-0.3, -0.25) is 9.69 Å². The van der Waals surface area contributed by atoms with Gasteiger partial charge < -0.3 is 14.6 Å². The van der Waals surface area contributed by atoms with Crippen molar-refractivity contribution in [3.05, 3.63) is 28.2 Å². The molecule has 0 amide bonds. The van der Waals surface area contributed by atoms with Crippen molar-refractivity contribution in [3.63, 3.8) is 0 Å². The summed E-state index contributed by atoms with van der Waals surface area (Å²) in [6.45, 7) is 1.67. The Labute approximate surface area is 133 Å². The van der Waals surface area contributed by atoms with Crippen molar-refractivity contribution in [2.45, 2.75) is 6.04 Å². The third kappa shape index (κ3) is 4.23. The van der Waals surface area contributed by atoms with Gasteiger partial charge in [0.1, 0.15) is 12.4 Å². The summed E-state index contributed by atoms with van der Waals surface area (Å²) in [7, 11) is 1.86. The molecule has 7 heteroatoms. The highest BCUT2D eigenvalue weighted by atomic mass is 35.5. The number of carboxylic acid groups (broad SMARTS) is 1. The number of hydrogen-bond donors (Lipinski definition) is 1. The summed E-state index contributed by atoms with van der Waals surface area (Å²) in [5.41, 5.74) is 0. The van der Waals surface area contributed by atoms with Crippen LogP contribution in [0.5, 0.6) is 5.75 Å². The van der Waals surface area contributed by atoms with E-state index in [-0.39, 0.29) is 12.6 Å². The number of carbonyl (C=O) groups is 1. The first kappa shape index (κ1) is 16.4. The van der Waals surface area contributed by atoms with Crippen LogP contribution in [0.15, 0.2) is 18.2 Å². The van der Waals surface area contributed by atoms with Gasteiger partial charge in [-0.25, -0.2) is 0 Å². The van der Waals surface area contributed by atoms with E-state index in [1.54, 1.807) is 18.2 Å². The monoisotopic (exact) mass is 333 g/mol. The van der Waals surface area contributed by atoms with Gasteiger partial charge in [-0.2, -0.15) is 0 Å². The molecule has 0 spiro atoms. The molecule has 1 N–H and O–H groups in total. The molecule has 1 saturated heterocycles. The molecule has 2 atom stereocenters. The zero-order valence-corrected chi connectivity index (χ0v) is 13.1. The molecule has 5 nitrogen and oxygen atoms in total. The molecule has 0 saturated carbocycles. The summed E-state index contributed by atoms with van der Waals surface area (Å²) >= 11 is 11.8. The second-order valence-corrected chi connectivity index (χ2v) is 5.80. The summed E-state index contributed by atoms with van der Waals surface area (Å²) in [5, 5.41) is 10.1. The largest absolute Gasteiger partial charge is 0.491 e. The van der Waals surface area contributed by atoms with Crippen LogP contribution in [0.4, 0.5) is 0 Å². The Morgan fingerprint density at radius 2 is 2.24 bits per heavy atom. The third-order valence-electron chi connectivity index (χ3n) is 3.53. The van der Waals surface area contributed by atoms with Gasteiger partial charge in [0.2, 0.25) is 0 Å². The Morgan fingerprint density at radius 3 is 2.90 bits per heavy atom. The first-order chi connectivity index (χ1) is 9.99. The van der Waals surface area contributed by atoms with Crippen molar-refractivity contribution >= 4 is 29.2 Å². The fourth-order valence-electron chi connectivity index (χ4n) is 2.27. The van der Waals surface area contributed by atoms with Gasteiger partial charge in [0.15, 0.2) is 0 Å². The molecule has 1 aliphatic heterocycles. The van der Waals surface area contributed by atoms with Crippen LogP contribution < -0.4 is 4.74 Å². The van der Waals surface area contributed by atoms with E-state index in [1.165, 1.54) is 0 Å². The van der Waals surface area contributed by atoms with Crippen molar-refractivity contribution in [1.29, 1.82) is 0 Å². The maximum Gasteiger partial charge on any atom is 0.310 e. The van der Waals surface area contributed by atoms with Crippen LogP contribution in [0.3, 0.4) is 0 Å². The first-order valence-corrected chi connectivity index (χ1v) is 7.33. The second-order valence-electron chi connectivity index (χ2n) is 4.95. The van der Waals surface area contributed by atoms with E-state index in [2.05, 4.69) is 0 Å². The average Bonchev–Trinajstić information content (AvgIpc) is 2.90. The molecule has 1 aliphatic rings. The molecule has 0 bridgehead atoms. The fraction of sp³-hybridized carbons (Fsp3) is 0.500. The van der Waals surface area contributed by atoms with E-state index in [4.69, 9.17) is 37.8 Å². The van der Waals surface area contributed by atoms with Gasteiger partial charge in [-0.15, -0.1) is 0 Å². The topological polar surface area (TPSA) is 59.0 Å². The molecule has 0 aliphatic carbocycles. The predicted octanol–water partition coefficient (Wildman–Crippen LogP) is 2.40. The molecule has 1 aromatic carbocycles. The number of nitrogens with zero attached hydrogens (tertiary/aromatic N) is 1. The zero-order chi connectivity index (χ0) is 15.4. The number of carboxylic acids is 1. The highest BCUT2D eigenvalue weighted by Gasteiger charge is 2.36. The predicted molar refractivity (Wildman–Crippen MR) is 80.3 cm³/mol. The Hall–Kier alpha value is -1.01. The van der Waals surface area contributed by atoms with E-state index < -0.39 is 11.9 Å². The lowest BCUT2D eigenvalue weighted by Gasteiger charge is -2.26. The van der Waals surface area contributed by atoms with Crippen LogP contribution in [0.1, 0.15) is 0 Å². The zero-order valence-electron chi connectivity index (χ0n) is 11.6. The number of ether oxygens (including phenoxy) is 2. The standard InChI is InChI=1S/C14H17Cl2NO4/c1-17(12-8-20-7-10(12)14(18)19)4-5-21-13-3-2-9(15)6-11(13)16/h2-3,6,10,12H,4-5,7-8H2,1H3,(H,18,19). The Morgan fingerprint density at radius 1 is 1.48 bits per heavy atom. The van der Waals surface area contributed by atoms with E-state index in [1.807, 2.05) is 11.9 Å². The average molecular weight is 334 g/mol. The highest BCUT2D eigenvalue weighted by molar-refractivity contribution is 6.35. The number of aliphatic carboxylic acids is 1. The van der Waals surface area contributed by atoms with Crippen molar-refractivity contribution < 1.29 is 19.4 Å². The number of rotatable bonds is 6. The lowest BCUT2D eigenvalue weighted by atomic mass is 10.0.